The van der Waals surface area contributed by atoms with E-state index in [0.717, 1.165) is 18.4 Å². The molecule has 16 heavy (non-hydrogen) atoms. The first-order valence-corrected chi connectivity index (χ1v) is 5.99. The second-order valence-corrected chi connectivity index (χ2v) is 3.48. The fourth-order valence-corrected chi connectivity index (χ4v) is 1.64. The summed E-state index contributed by atoms with van der Waals surface area (Å²) in [5.41, 5.74) is 3.61. The molecule has 0 radical (unpaired) electrons. The molecule has 1 aromatic carbocycles. The SMILES string of the molecule is C=C(C1=CCCC=C1)c1ccccc1.CC. The number of hydrogen-bond donors (Lipinski definition) is 0. The molecule has 1 aromatic rings. The number of rotatable bonds is 2. The molecule has 0 fully saturated rings. The Morgan fingerprint density at radius 3 is 2.31 bits per heavy atom. The van der Waals surface area contributed by atoms with Crippen LogP contribution in [0.1, 0.15) is 32.3 Å². The van der Waals surface area contributed by atoms with Crippen molar-refractivity contribution in [2.75, 3.05) is 0 Å². The molecule has 0 saturated carbocycles. The predicted octanol–water partition coefficient (Wildman–Crippen LogP) is 5.00. The van der Waals surface area contributed by atoms with Crippen LogP contribution in [0.15, 0.2) is 60.7 Å². The van der Waals surface area contributed by atoms with Gasteiger partial charge in [0.05, 0.1) is 0 Å². The molecule has 0 atom stereocenters. The van der Waals surface area contributed by atoms with Gasteiger partial charge in [0.25, 0.3) is 0 Å². The Kier molecular flexibility index (Phi) is 5.35. The van der Waals surface area contributed by atoms with Gasteiger partial charge in [-0.3, -0.25) is 0 Å². The normalized spacial score (nSPS) is 13.5. The summed E-state index contributed by atoms with van der Waals surface area (Å²) in [6, 6.07) is 10.3. The van der Waals surface area contributed by atoms with Crippen molar-refractivity contribution < 1.29 is 0 Å². The van der Waals surface area contributed by atoms with E-state index < -0.39 is 0 Å². The second kappa shape index (κ2) is 6.84. The molecule has 0 bridgehead atoms. The minimum Gasteiger partial charge on any atom is -0.0906 e. The molecule has 0 saturated heterocycles. The molecule has 2 rings (SSSR count). The van der Waals surface area contributed by atoms with E-state index in [9.17, 15) is 0 Å². The lowest BCUT2D eigenvalue weighted by molar-refractivity contribution is 1.03. The maximum absolute atomic E-state index is 4.13. The van der Waals surface area contributed by atoms with Crippen LogP contribution in [0.5, 0.6) is 0 Å². The van der Waals surface area contributed by atoms with Gasteiger partial charge < -0.3 is 0 Å². The van der Waals surface area contributed by atoms with Crippen LogP contribution in [-0.2, 0) is 0 Å². The van der Waals surface area contributed by atoms with Gasteiger partial charge in [0.2, 0.25) is 0 Å². The Morgan fingerprint density at radius 2 is 1.75 bits per heavy atom. The van der Waals surface area contributed by atoms with Crippen LogP contribution in [0.3, 0.4) is 0 Å². The van der Waals surface area contributed by atoms with Crippen molar-refractivity contribution in [3.63, 3.8) is 0 Å². The van der Waals surface area contributed by atoms with E-state index in [0.29, 0.717) is 0 Å². The van der Waals surface area contributed by atoms with Crippen molar-refractivity contribution in [3.05, 3.63) is 66.3 Å². The minimum absolute atomic E-state index is 1.13. The van der Waals surface area contributed by atoms with Crippen molar-refractivity contribution in [2.24, 2.45) is 0 Å². The molecule has 0 heteroatoms. The van der Waals surface area contributed by atoms with Crippen LogP contribution < -0.4 is 0 Å². The zero-order valence-corrected chi connectivity index (χ0v) is 10.2. The molecule has 0 amide bonds. The van der Waals surface area contributed by atoms with Crippen molar-refractivity contribution >= 4 is 5.57 Å². The van der Waals surface area contributed by atoms with Crippen LogP contribution in [-0.4, -0.2) is 0 Å². The van der Waals surface area contributed by atoms with Crippen LogP contribution in [0.2, 0.25) is 0 Å². The summed E-state index contributed by atoms with van der Waals surface area (Å²) < 4.78 is 0. The maximum atomic E-state index is 4.13. The molecule has 0 N–H and O–H groups in total. The Hall–Kier alpha value is -1.56. The molecule has 0 spiro atoms. The highest BCUT2D eigenvalue weighted by molar-refractivity contribution is 5.80. The summed E-state index contributed by atoms with van der Waals surface area (Å²) >= 11 is 0. The smallest absolute Gasteiger partial charge is 0.0184 e. The first kappa shape index (κ1) is 12.5. The lowest BCUT2D eigenvalue weighted by Crippen LogP contribution is -1.89. The predicted molar refractivity (Wildman–Crippen MR) is 73.3 cm³/mol. The standard InChI is InChI=1S/C14H14.C2H6/c1-12(13-8-4-2-5-9-13)14-10-6-3-7-11-14;1-2/h2,4-6,8-11H,1,3,7H2;1-2H3. The molecule has 0 nitrogen and oxygen atoms in total. The molecule has 84 valence electrons. The Morgan fingerprint density at radius 1 is 1.06 bits per heavy atom. The van der Waals surface area contributed by atoms with Crippen LogP contribution in [0.4, 0.5) is 0 Å². The average Bonchev–Trinajstić information content (AvgIpc) is 2.42. The largest absolute Gasteiger partial charge is 0.0906 e. The van der Waals surface area contributed by atoms with Crippen LogP contribution in [0.25, 0.3) is 5.57 Å². The number of hydrogen-bond acceptors (Lipinski definition) is 0. The third kappa shape index (κ3) is 3.23. The topological polar surface area (TPSA) is 0 Å². The molecule has 0 heterocycles. The first-order chi connectivity index (χ1) is 7.88. The third-order valence-electron chi connectivity index (χ3n) is 2.47. The summed E-state index contributed by atoms with van der Waals surface area (Å²) in [5.74, 6) is 0. The van der Waals surface area contributed by atoms with Gasteiger partial charge in [0, 0.05) is 0 Å². The second-order valence-electron chi connectivity index (χ2n) is 3.48. The summed E-state index contributed by atoms with van der Waals surface area (Å²) in [6.07, 6.45) is 8.93. The molecule has 0 aromatic heterocycles. The minimum atomic E-state index is 1.13. The summed E-state index contributed by atoms with van der Waals surface area (Å²) in [4.78, 5) is 0. The Balaban J connectivity index is 0.000000606. The highest BCUT2D eigenvalue weighted by atomic mass is 14.1. The molecule has 1 aliphatic rings. The van der Waals surface area contributed by atoms with E-state index >= 15 is 0 Å². The Bertz CT molecular complexity index is 380. The lowest BCUT2D eigenvalue weighted by atomic mass is 9.95. The first-order valence-electron chi connectivity index (χ1n) is 5.99. The molecular weight excluding hydrogens is 192 g/mol. The van der Waals surface area contributed by atoms with Gasteiger partial charge >= 0.3 is 0 Å². The van der Waals surface area contributed by atoms with E-state index in [1.54, 1.807) is 0 Å². The summed E-state index contributed by atoms with van der Waals surface area (Å²) in [7, 11) is 0. The van der Waals surface area contributed by atoms with Gasteiger partial charge in [-0.05, 0) is 29.6 Å². The molecule has 0 unspecified atom stereocenters. The van der Waals surface area contributed by atoms with Crippen molar-refractivity contribution in [2.45, 2.75) is 26.7 Å². The fraction of sp³-hybridized carbons (Fsp3) is 0.250. The van der Waals surface area contributed by atoms with Crippen molar-refractivity contribution in [1.29, 1.82) is 0 Å². The van der Waals surface area contributed by atoms with Crippen molar-refractivity contribution in [3.8, 4) is 0 Å². The van der Waals surface area contributed by atoms with E-state index in [2.05, 4.69) is 36.9 Å². The van der Waals surface area contributed by atoms with Gasteiger partial charge in [-0.2, -0.15) is 0 Å². The molecular formula is C16H20. The molecule has 1 aliphatic carbocycles. The van der Waals surface area contributed by atoms with E-state index in [1.165, 1.54) is 11.1 Å². The van der Waals surface area contributed by atoms with Crippen LogP contribution >= 0.6 is 0 Å². The highest BCUT2D eigenvalue weighted by Gasteiger charge is 2.03. The average molecular weight is 212 g/mol. The third-order valence-corrected chi connectivity index (χ3v) is 2.47. The zero-order chi connectivity index (χ0) is 11.8. The van der Waals surface area contributed by atoms with E-state index in [-0.39, 0.29) is 0 Å². The molecule has 0 aliphatic heterocycles. The summed E-state index contributed by atoms with van der Waals surface area (Å²) in [5, 5.41) is 0. The summed E-state index contributed by atoms with van der Waals surface area (Å²) in [6.45, 7) is 8.13. The number of benzene rings is 1. The van der Waals surface area contributed by atoms with Gasteiger partial charge in [-0.1, -0.05) is 69.0 Å². The highest BCUT2D eigenvalue weighted by Crippen LogP contribution is 2.24. The van der Waals surface area contributed by atoms with Gasteiger partial charge in [-0.25, -0.2) is 0 Å². The Labute approximate surface area is 99.0 Å². The van der Waals surface area contributed by atoms with Crippen molar-refractivity contribution in [1.82, 2.24) is 0 Å². The van der Waals surface area contributed by atoms with E-state index in [4.69, 9.17) is 0 Å². The van der Waals surface area contributed by atoms with Gasteiger partial charge in [-0.15, -0.1) is 0 Å². The number of allylic oxidation sites excluding steroid dienone is 5. The van der Waals surface area contributed by atoms with Gasteiger partial charge in [0.1, 0.15) is 0 Å². The van der Waals surface area contributed by atoms with Crippen LogP contribution in [0, 0.1) is 0 Å². The zero-order valence-electron chi connectivity index (χ0n) is 10.2. The monoisotopic (exact) mass is 212 g/mol. The maximum Gasteiger partial charge on any atom is -0.0184 e. The van der Waals surface area contributed by atoms with E-state index in [1.807, 2.05) is 32.0 Å². The van der Waals surface area contributed by atoms with Gasteiger partial charge in [0.15, 0.2) is 0 Å². The quantitative estimate of drug-likeness (QED) is 0.647. The lowest BCUT2D eigenvalue weighted by Gasteiger charge is -2.10. The fourth-order valence-electron chi connectivity index (χ4n) is 1.64.